The number of amides is 1. The third-order valence-electron chi connectivity index (χ3n) is 8.23. The van der Waals surface area contributed by atoms with Gasteiger partial charge in [-0.3, -0.25) is 4.79 Å². The smallest absolute Gasteiger partial charge is 0.420 e. The quantitative estimate of drug-likeness (QED) is 0.199. The van der Waals surface area contributed by atoms with Crippen LogP contribution in [0.1, 0.15) is 52.0 Å². The van der Waals surface area contributed by atoms with Crippen molar-refractivity contribution < 1.29 is 19.0 Å². The molecule has 0 atom stereocenters. The van der Waals surface area contributed by atoms with Crippen LogP contribution in [0.5, 0.6) is 11.5 Å². The zero-order chi connectivity index (χ0) is 33.0. The van der Waals surface area contributed by atoms with Gasteiger partial charge in [0.2, 0.25) is 0 Å². The molecule has 5 rings (SSSR count). The van der Waals surface area contributed by atoms with Crippen molar-refractivity contribution in [2.75, 3.05) is 44.5 Å². The molecule has 10 nitrogen and oxygen atoms in total. The average molecular weight is 628 g/mol. The number of carbonyl (C=O) groups is 1. The van der Waals surface area contributed by atoms with Crippen molar-refractivity contribution in [2.24, 2.45) is 0 Å². The number of benzene rings is 2. The third kappa shape index (κ3) is 7.28. The van der Waals surface area contributed by atoms with Crippen LogP contribution >= 0.6 is 0 Å². The number of fused-ring (bicyclic) bond motifs is 1. The SMILES string of the molecule is COc1cc(OC)cc(-c2cc3cnc(N(C(=O)OC(C)(C)C)c4c(C)cccc4N)cc3n(CCCN3CCCCC3)c2=O)c1. The summed E-state index contributed by atoms with van der Waals surface area (Å²) in [5.74, 6) is 1.48. The second-order valence-corrected chi connectivity index (χ2v) is 12.8. The summed E-state index contributed by atoms with van der Waals surface area (Å²) in [6, 6.07) is 14.5. The minimum absolute atomic E-state index is 0.155. The van der Waals surface area contributed by atoms with Crippen LogP contribution in [0.15, 0.2) is 59.5 Å². The van der Waals surface area contributed by atoms with Gasteiger partial charge < -0.3 is 29.4 Å². The number of pyridine rings is 2. The van der Waals surface area contributed by atoms with Crippen molar-refractivity contribution >= 4 is 34.2 Å². The Morgan fingerprint density at radius 1 is 0.978 bits per heavy atom. The highest BCUT2D eigenvalue weighted by Gasteiger charge is 2.29. The predicted octanol–water partition coefficient (Wildman–Crippen LogP) is 6.92. The van der Waals surface area contributed by atoms with E-state index in [1.165, 1.54) is 24.2 Å². The topological polar surface area (TPSA) is 112 Å². The normalized spacial score (nSPS) is 13.9. The van der Waals surface area contributed by atoms with E-state index < -0.39 is 11.7 Å². The molecule has 244 valence electrons. The summed E-state index contributed by atoms with van der Waals surface area (Å²) in [6.45, 7) is 10.9. The van der Waals surface area contributed by atoms with E-state index >= 15 is 0 Å². The number of aryl methyl sites for hydroxylation is 2. The van der Waals surface area contributed by atoms with Crippen LogP contribution in [-0.2, 0) is 11.3 Å². The Balaban J connectivity index is 1.67. The standard InChI is InChI=1S/C36H45N5O5/c1-24-12-10-13-30(37)33(24)41(35(43)46-36(2,3)4)32-22-31-26(23-38-32)20-29(25-18-27(44-5)21-28(19-25)45-6)34(42)40(31)17-11-16-39-14-8-7-9-15-39/h10,12-13,18-23H,7-9,11,14-17,37H2,1-6H3. The van der Waals surface area contributed by atoms with Gasteiger partial charge in [0.15, 0.2) is 0 Å². The van der Waals surface area contributed by atoms with Crippen molar-refractivity contribution in [2.45, 2.75) is 65.5 Å². The van der Waals surface area contributed by atoms with Gasteiger partial charge >= 0.3 is 6.09 Å². The first kappa shape index (κ1) is 32.8. The number of likely N-dealkylation sites (tertiary alicyclic amines) is 1. The number of ether oxygens (including phenoxy) is 3. The van der Waals surface area contributed by atoms with E-state index in [9.17, 15) is 9.59 Å². The van der Waals surface area contributed by atoms with Crippen molar-refractivity contribution in [1.29, 1.82) is 0 Å². The lowest BCUT2D eigenvalue weighted by molar-refractivity contribution is 0.0598. The van der Waals surface area contributed by atoms with Crippen LogP contribution in [0.4, 0.5) is 22.0 Å². The molecule has 1 aliphatic rings. The molecule has 0 aliphatic carbocycles. The second-order valence-electron chi connectivity index (χ2n) is 12.8. The van der Waals surface area contributed by atoms with Crippen molar-refractivity contribution in [3.63, 3.8) is 0 Å². The number of nitrogen functional groups attached to an aromatic ring is 1. The van der Waals surface area contributed by atoms with Crippen LogP contribution in [0.2, 0.25) is 0 Å². The maximum atomic E-state index is 14.4. The molecule has 4 aromatic rings. The highest BCUT2D eigenvalue weighted by Crippen LogP contribution is 2.36. The zero-order valence-electron chi connectivity index (χ0n) is 27.8. The molecule has 0 saturated carbocycles. The van der Waals surface area contributed by atoms with Crippen LogP contribution in [0, 0.1) is 6.92 Å². The highest BCUT2D eigenvalue weighted by atomic mass is 16.6. The minimum atomic E-state index is -0.757. The molecule has 1 fully saturated rings. The molecule has 2 aromatic carbocycles. The number of nitrogens with zero attached hydrogens (tertiary/aromatic N) is 4. The Kier molecular flexibility index (Phi) is 9.86. The van der Waals surface area contributed by atoms with Crippen molar-refractivity contribution in [1.82, 2.24) is 14.5 Å². The van der Waals surface area contributed by atoms with Gasteiger partial charge in [0, 0.05) is 35.8 Å². The van der Waals surface area contributed by atoms with Gasteiger partial charge in [-0.15, -0.1) is 0 Å². The lowest BCUT2D eigenvalue weighted by Gasteiger charge is -2.29. The fraction of sp³-hybridized carbons (Fsp3) is 0.417. The lowest BCUT2D eigenvalue weighted by atomic mass is 10.0. The summed E-state index contributed by atoms with van der Waals surface area (Å²) in [4.78, 5) is 36.7. The minimum Gasteiger partial charge on any atom is -0.497 e. The number of hydrogen-bond donors (Lipinski definition) is 1. The van der Waals surface area contributed by atoms with E-state index in [4.69, 9.17) is 24.9 Å². The van der Waals surface area contributed by atoms with E-state index in [-0.39, 0.29) is 5.56 Å². The molecule has 3 heterocycles. The summed E-state index contributed by atoms with van der Waals surface area (Å²) in [5, 5.41) is 0.750. The summed E-state index contributed by atoms with van der Waals surface area (Å²) in [7, 11) is 3.17. The van der Waals surface area contributed by atoms with Gasteiger partial charge in [-0.1, -0.05) is 18.6 Å². The van der Waals surface area contributed by atoms with E-state index in [0.717, 1.165) is 37.0 Å². The fourth-order valence-electron chi connectivity index (χ4n) is 6.01. The van der Waals surface area contributed by atoms with Crippen LogP contribution in [0.3, 0.4) is 0 Å². The molecule has 2 aromatic heterocycles. The molecule has 2 N–H and O–H groups in total. The molecule has 0 unspecified atom stereocenters. The average Bonchev–Trinajstić information content (AvgIpc) is 3.03. The highest BCUT2D eigenvalue weighted by molar-refractivity contribution is 6.01. The number of methoxy groups -OCH3 is 2. The number of nitrogens with two attached hydrogens (primary N) is 1. The van der Waals surface area contributed by atoms with Gasteiger partial charge in [-0.05, 0) is 102 Å². The zero-order valence-corrected chi connectivity index (χ0v) is 27.8. The van der Waals surface area contributed by atoms with E-state index in [1.54, 1.807) is 43.2 Å². The molecule has 1 amide bonds. The maximum absolute atomic E-state index is 14.4. The Morgan fingerprint density at radius 3 is 2.30 bits per heavy atom. The number of anilines is 3. The van der Waals surface area contributed by atoms with Gasteiger partial charge in [-0.2, -0.15) is 0 Å². The van der Waals surface area contributed by atoms with Crippen molar-refractivity contribution in [3.05, 3.63) is 70.6 Å². The summed E-state index contributed by atoms with van der Waals surface area (Å²) in [5.41, 5.74) is 9.06. The second kappa shape index (κ2) is 13.8. The van der Waals surface area contributed by atoms with Gasteiger partial charge in [-0.25, -0.2) is 14.7 Å². The number of carbonyl (C=O) groups excluding carboxylic acids is 1. The molecular formula is C36H45N5O5. The first-order valence-corrected chi connectivity index (χ1v) is 15.9. The van der Waals surface area contributed by atoms with Crippen LogP contribution in [-0.4, -0.2) is 60.0 Å². The molecule has 0 bridgehead atoms. The number of hydrogen-bond acceptors (Lipinski definition) is 8. The molecule has 0 spiro atoms. The van der Waals surface area contributed by atoms with Gasteiger partial charge in [0.05, 0.1) is 31.1 Å². The maximum Gasteiger partial charge on any atom is 0.420 e. The van der Waals surface area contributed by atoms with Crippen LogP contribution < -0.4 is 25.7 Å². The van der Waals surface area contributed by atoms with Gasteiger partial charge in [0.1, 0.15) is 22.9 Å². The van der Waals surface area contributed by atoms with E-state index in [1.807, 2.05) is 58.0 Å². The lowest BCUT2D eigenvalue weighted by Crippen LogP contribution is -2.35. The Hall–Kier alpha value is -4.57. The number of para-hydroxylation sites is 1. The Bertz CT molecular complexity index is 1730. The fourth-order valence-corrected chi connectivity index (χ4v) is 6.01. The summed E-state index contributed by atoms with van der Waals surface area (Å²) < 4.78 is 18.6. The molecule has 1 saturated heterocycles. The Morgan fingerprint density at radius 2 is 1.67 bits per heavy atom. The molecule has 0 radical (unpaired) electrons. The number of rotatable bonds is 9. The van der Waals surface area contributed by atoms with Crippen LogP contribution in [0.25, 0.3) is 22.0 Å². The largest absolute Gasteiger partial charge is 0.497 e. The Labute approximate surface area is 270 Å². The van der Waals surface area contributed by atoms with Gasteiger partial charge in [0.25, 0.3) is 5.56 Å². The summed E-state index contributed by atoms with van der Waals surface area (Å²) >= 11 is 0. The van der Waals surface area contributed by atoms with Crippen molar-refractivity contribution in [3.8, 4) is 22.6 Å². The number of piperidine rings is 1. The third-order valence-corrected chi connectivity index (χ3v) is 8.23. The van der Waals surface area contributed by atoms with E-state index in [0.29, 0.717) is 51.9 Å². The first-order valence-electron chi connectivity index (χ1n) is 15.9. The monoisotopic (exact) mass is 627 g/mol. The summed E-state index contributed by atoms with van der Waals surface area (Å²) in [6.07, 6.45) is 5.54. The molecule has 1 aliphatic heterocycles. The predicted molar refractivity (Wildman–Crippen MR) is 183 cm³/mol. The van der Waals surface area contributed by atoms with E-state index in [2.05, 4.69) is 4.90 Å². The molecule has 10 heteroatoms. The molecule has 46 heavy (non-hydrogen) atoms. The number of aromatic nitrogens is 2. The first-order chi connectivity index (χ1) is 22.0. The molecular weight excluding hydrogens is 582 g/mol.